The number of nitrogens with zero attached hydrogens (tertiary/aromatic N) is 1. The Hall–Kier alpha value is -2.81. The highest BCUT2D eigenvalue weighted by Gasteiger charge is 2.26. The maximum Gasteiger partial charge on any atom is 0.472 e. The van der Waals surface area contributed by atoms with Crippen molar-refractivity contribution in [2.45, 2.75) is 148 Å². The molecule has 0 spiro atoms. The number of ether oxygens (including phenoxy) is 2. The van der Waals surface area contributed by atoms with Crippen LogP contribution in [0.15, 0.2) is 85.1 Å². The van der Waals surface area contributed by atoms with Gasteiger partial charge in [-0.25, -0.2) is 4.57 Å². The second-order valence-corrected chi connectivity index (χ2v) is 15.2. The van der Waals surface area contributed by atoms with Crippen molar-refractivity contribution < 1.29 is 37.6 Å². The van der Waals surface area contributed by atoms with Crippen LogP contribution in [0.5, 0.6) is 0 Å². The zero-order valence-electron chi connectivity index (χ0n) is 34.8. The predicted molar refractivity (Wildman–Crippen MR) is 229 cm³/mol. The molecule has 0 saturated heterocycles. The molecule has 314 valence electrons. The topological polar surface area (TPSA) is 112 Å². The normalized spacial score (nSPS) is 14.3. The van der Waals surface area contributed by atoms with E-state index < -0.39 is 32.5 Å². The minimum absolute atomic E-state index is 0.0119. The minimum Gasteiger partial charge on any atom is -0.462 e. The average molecular weight is 790 g/mol. The Balaban J connectivity index is 4.48. The summed E-state index contributed by atoms with van der Waals surface area (Å²) in [6.07, 6.45) is 47.9. The van der Waals surface area contributed by atoms with Gasteiger partial charge in [-0.1, -0.05) is 137 Å². The highest BCUT2D eigenvalue weighted by Crippen LogP contribution is 2.43. The molecule has 0 aromatic heterocycles. The lowest BCUT2D eigenvalue weighted by atomic mass is 10.1. The molecule has 0 aromatic rings. The Bertz CT molecular complexity index is 1190. The Labute approximate surface area is 335 Å². The molecule has 0 bridgehead atoms. The molecule has 9 nitrogen and oxygen atoms in total. The fraction of sp³-hybridized carbons (Fsp3) is 0.644. The number of rotatable bonds is 37. The highest BCUT2D eigenvalue weighted by atomic mass is 31.2. The molecule has 10 heteroatoms. The smallest absolute Gasteiger partial charge is 0.462 e. The molecular weight excluding hydrogens is 713 g/mol. The van der Waals surface area contributed by atoms with Crippen molar-refractivity contribution in [3.63, 3.8) is 0 Å². The molecule has 55 heavy (non-hydrogen) atoms. The first-order valence-corrected chi connectivity index (χ1v) is 22.4. The van der Waals surface area contributed by atoms with Crippen LogP contribution in [-0.2, 0) is 32.7 Å². The van der Waals surface area contributed by atoms with Crippen LogP contribution >= 0.6 is 7.82 Å². The second kappa shape index (κ2) is 39.4. The monoisotopic (exact) mass is 790 g/mol. The molecule has 0 heterocycles. The number of phosphoric acid groups is 1. The summed E-state index contributed by atoms with van der Waals surface area (Å²) < 4.78 is 33.3. The first-order chi connectivity index (χ1) is 26.7. The fourth-order valence-corrected chi connectivity index (χ4v) is 5.74. The quantitative estimate of drug-likeness (QED) is 0.0284. The van der Waals surface area contributed by atoms with E-state index >= 15 is 0 Å². The number of unbranched alkanes of at least 4 members (excludes halogenated alkanes) is 9. The van der Waals surface area contributed by atoms with E-state index in [-0.39, 0.29) is 26.1 Å². The number of hydrogen-bond acceptors (Lipinski definition) is 8. The van der Waals surface area contributed by atoms with Gasteiger partial charge in [0, 0.05) is 19.4 Å². The van der Waals surface area contributed by atoms with Crippen molar-refractivity contribution in [2.24, 2.45) is 0 Å². The fourth-order valence-electron chi connectivity index (χ4n) is 5.00. The predicted octanol–water partition coefficient (Wildman–Crippen LogP) is 11.9. The zero-order valence-corrected chi connectivity index (χ0v) is 35.7. The van der Waals surface area contributed by atoms with Gasteiger partial charge in [0.15, 0.2) is 6.10 Å². The van der Waals surface area contributed by atoms with Crippen molar-refractivity contribution in [1.29, 1.82) is 0 Å². The Morgan fingerprint density at radius 2 is 1.07 bits per heavy atom. The van der Waals surface area contributed by atoms with Gasteiger partial charge in [-0.2, -0.15) is 0 Å². The first-order valence-electron chi connectivity index (χ1n) is 20.9. The summed E-state index contributed by atoms with van der Waals surface area (Å²) >= 11 is 0. The van der Waals surface area contributed by atoms with Crippen LogP contribution in [0.25, 0.3) is 0 Å². The van der Waals surface area contributed by atoms with E-state index in [4.69, 9.17) is 18.5 Å². The minimum atomic E-state index is -4.39. The summed E-state index contributed by atoms with van der Waals surface area (Å²) in [7, 11) is -0.763. The summed E-state index contributed by atoms with van der Waals surface area (Å²) in [5.41, 5.74) is 0. The lowest BCUT2D eigenvalue weighted by Gasteiger charge is -2.20. The molecular formula is C45H76NO8P. The van der Waals surface area contributed by atoms with Crippen LogP contribution < -0.4 is 0 Å². The van der Waals surface area contributed by atoms with E-state index in [2.05, 4.69) is 86.8 Å². The third kappa shape index (κ3) is 40.7. The average Bonchev–Trinajstić information content (AvgIpc) is 3.15. The molecule has 1 N–H and O–H groups in total. The highest BCUT2D eigenvalue weighted by molar-refractivity contribution is 7.47. The van der Waals surface area contributed by atoms with Crippen molar-refractivity contribution in [2.75, 3.05) is 40.5 Å². The summed E-state index contributed by atoms with van der Waals surface area (Å²) in [5, 5.41) is 0. The van der Waals surface area contributed by atoms with E-state index in [0.29, 0.717) is 19.4 Å². The van der Waals surface area contributed by atoms with Crippen LogP contribution in [0.2, 0.25) is 0 Å². The number of phosphoric ester groups is 1. The molecule has 0 amide bonds. The molecule has 0 aliphatic heterocycles. The van der Waals surface area contributed by atoms with Gasteiger partial charge < -0.3 is 19.3 Å². The molecule has 0 rings (SSSR count). The first kappa shape index (κ1) is 52.2. The van der Waals surface area contributed by atoms with Crippen LogP contribution in [0.3, 0.4) is 0 Å². The van der Waals surface area contributed by atoms with Gasteiger partial charge in [-0.05, 0) is 91.1 Å². The van der Waals surface area contributed by atoms with E-state index in [1.807, 2.05) is 26.2 Å². The van der Waals surface area contributed by atoms with E-state index in [1.165, 1.54) is 32.1 Å². The van der Waals surface area contributed by atoms with Gasteiger partial charge in [0.2, 0.25) is 0 Å². The molecule has 0 fully saturated rings. The third-order valence-corrected chi connectivity index (χ3v) is 9.18. The van der Waals surface area contributed by atoms with Crippen LogP contribution in [0, 0.1) is 0 Å². The number of esters is 2. The maximum atomic E-state index is 12.6. The number of hydrogen-bond donors (Lipinski definition) is 1. The molecule has 2 unspecified atom stereocenters. The van der Waals surface area contributed by atoms with Gasteiger partial charge in [0.05, 0.1) is 13.2 Å². The van der Waals surface area contributed by atoms with Gasteiger partial charge >= 0.3 is 19.8 Å². The number of carbonyl (C=O) groups excluding carboxylic acids is 2. The van der Waals surface area contributed by atoms with Gasteiger partial charge in [0.25, 0.3) is 0 Å². The standard InChI is InChI=1S/C45H76NO8P/c1-5-7-9-11-13-15-17-19-20-21-22-23-24-26-28-30-32-34-36-38-45(48)54-43(42-53-55(49,50)52-40-39-46(3)4)41-51-44(47)37-35-33-31-29-27-25-18-16-14-12-10-8-6-2/h7,9,13,15-16,18-20,22-23,26,28,32,34,43H,5-6,8,10-12,14,17,21,24-25,27,29-31,33,35-42H2,1-4H3,(H,49,50)/b9-7-,15-13-,18-16-,20-19-,23-22-,28-26-,34-32-. The van der Waals surface area contributed by atoms with E-state index in [1.54, 1.807) is 4.90 Å². The molecule has 0 saturated carbocycles. The molecule has 0 aliphatic rings. The Morgan fingerprint density at radius 3 is 1.62 bits per heavy atom. The van der Waals surface area contributed by atoms with Gasteiger partial charge in [0.1, 0.15) is 6.61 Å². The molecule has 2 atom stereocenters. The van der Waals surface area contributed by atoms with Crippen LogP contribution in [0.1, 0.15) is 142 Å². The summed E-state index contributed by atoms with van der Waals surface area (Å²) in [4.78, 5) is 36.9. The maximum absolute atomic E-state index is 12.6. The summed E-state index contributed by atoms with van der Waals surface area (Å²) in [6, 6.07) is 0. The Kier molecular flexibility index (Phi) is 37.4. The lowest BCUT2D eigenvalue weighted by molar-refractivity contribution is -0.161. The number of allylic oxidation sites excluding steroid dienone is 14. The molecule has 0 radical (unpaired) electrons. The molecule has 0 aromatic carbocycles. The molecule has 0 aliphatic carbocycles. The number of carbonyl (C=O) groups is 2. The lowest BCUT2D eigenvalue weighted by Crippen LogP contribution is -2.29. The third-order valence-electron chi connectivity index (χ3n) is 8.20. The van der Waals surface area contributed by atoms with Crippen molar-refractivity contribution >= 4 is 19.8 Å². The SMILES string of the molecule is CC/C=C\C/C=C\C/C=C\C/C=C\C/C=C\C/C=C\CCC(=O)OC(COC(=O)CCCCCCC/C=C\CCCCCC)COP(=O)(O)OCCN(C)C. The summed E-state index contributed by atoms with van der Waals surface area (Å²) in [6.45, 7) is 4.07. The van der Waals surface area contributed by atoms with E-state index in [9.17, 15) is 19.0 Å². The zero-order chi connectivity index (χ0) is 40.5. The van der Waals surface area contributed by atoms with Gasteiger partial charge in [-0.3, -0.25) is 18.6 Å². The Morgan fingerprint density at radius 1 is 0.582 bits per heavy atom. The van der Waals surface area contributed by atoms with Crippen molar-refractivity contribution in [1.82, 2.24) is 4.90 Å². The second-order valence-electron chi connectivity index (χ2n) is 13.8. The van der Waals surface area contributed by atoms with E-state index in [0.717, 1.165) is 70.6 Å². The van der Waals surface area contributed by atoms with Crippen LogP contribution in [-0.4, -0.2) is 68.3 Å². The summed E-state index contributed by atoms with van der Waals surface area (Å²) in [5.74, 6) is -0.920. The van der Waals surface area contributed by atoms with Gasteiger partial charge in [-0.15, -0.1) is 0 Å². The largest absolute Gasteiger partial charge is 0.472 e. The van der Waals surface area contributed by atoms with Crippen LogP contribution in [0.4, 0.5) is 0 Å². The van der Waals surface area contributed by atoms with Crippen molar-refractivity contribution in [3.05, 3.63) is 85.1 Å². The van der Waals surface area contributed by atoms with Crippen molar-refractivity contribution in [3.8, 4) is 0 Å². The number of likely N-dealkylation sites (N-methyl/N-ethyl adjacent to an activating group) is 1.